The molecule has 1 atom stereocenters. The van der Waals surface area contributed by atoms with Gasteiger partial charge >= 0.3 is 0 Å². The lowest BCUT2D eigenvalue weighted by molar-refractivity contribution is 0.349. The number of ether oxygens (including phenoxy) is 9. The fourth-order valence-corrected chi connectivity index (χ4v) is 13.0. The van der Waals surface area contributed by atoms with Gasteiger partial charge in [0.1, 0.15) is 17.2 Å². The van der Waals surface area contributed by atoms with Crippen molar-refractivity contribution in [3.05, 3.63) is 58.3 Å². The van der Waals surface area contributed by atoms with Crippen LogP contribution in [-0.4, -0.2) is 72.1 Å². The third kappa shape index (κ3) is 5.28. The maximum atomic E-state index is 6.28. The topological polar surface area (TPSA) is 83.1 Å². The zero-order valence-corrected chi connectivity index (χ0v) is 30.2. The molecule has 1 aliphatic carbocycles. The van der Waals surface area contributed by atoms with Crippen LogP contribution < -0.4 is 58.2 Å². The summed E-state index contributed by atoms with van der Waals surface area (Å²) in [7, 11) is 11.0. The molecule has 0 aromatic heterocycles. The molecule has 0 fully saturated rings. The predicted octanol–water partition coefficient (Wildman–Crippen LogP) is 5.08. The third-order valence-corrected chi connectivity index (χ3v) is 14.5. The van der Waals surface area contributed by atoms with E-state index >= 15 is 0 Å². The monoisotopic (exact) mass is 650 g/mol. The predicted molar refractivity (Wildman–Crippen MR) is 183 cm³/mol. The average Bonchev–Trinajstić information content (AvgIpc) is 3.28. The van der Waals surface area contributed by atoms with Gasteiger partial charge in [-0.3, -0.25) is 0 Å². The van der Waals surface area contributed by atoms with Crippen LogP contribution in [0, 0.1) is 5.92 Å². The molecule has 0 saturated heterocycles. The van der Waals surface area contributed by atoms with Crippen LogP contribution in [0.1, 0.15) is 27.7 Å². The van der Waals surface area contributed by atoms with E-state index in [0.717, 1.165) is 21.1 Å². The van der Waals surface area contributed by atoms with Gasteiger partial charge in [-0.15, -0.1) is 0 Å². The van der Waals surface area contributed by atoms with Crippen LogP contribution in [0.4, 0.5) is 0 Å². The summed E-state index contributed by atoms with van der Waals surface area (Å²) in [5, 5.41) is 3.73. The van der Waals surface area contributed by atoms with E-state index in [1.54, 1.807) is 64.0 Å². The first kappa shape index (κ1) is 34.4. The Morgan fingerprint density at radius 3 is 0.978 bits per heavy atom. The number of methoxy groups -OCH3 is 9. The SMILES string of the molecule is COc1cc(OC)c(OC)c([Si](C2=C(C)C(C)=C(C)C2C)(c2cc(OC)cc(OC)c2OC)c2cc(OC)cc(OC)c2OC)c1. The molecule has 0 spiro atoms. The molecular weight excluding hydrogens is 604 g/mol. The van der Waals surface area contributed by atoms with E-state index in [-0.39, 0.29) is 5.92 Å². The summed E-state index contributed by atoms with van der Waals surface area (Å²) in [6.45, 7) is 8.77. The van der Waals surface area contributed by atoms with Gasteiger partial charge in [-0.25, -0.2) is 0 Å². The molecule has 4 rings (SSSR count). The Morgan fingerprint density at radius 1 is 0.435 bits per heavy atom. The number of benzene rings is 3. The molecule has 9 nitrogen and oxygen atoms in total. The van der Waals surface area contributed by atoms with Crippen LogP contribution in [0.25, 0.3) is 0 Å². The minimum absolute atomic E-state index is 0.0115. The van der Waals surface area contributed by atoms with Gasteiger partial charge in [0.05, 0.1) is 64.0 Å². The Hall–Kier alpha value is -4.44. The van der Waals surface area contributed by atoms with E-state index < -0.39 is 8.07 Å². The van der Waals surface area contributed by atoms with Crippen LogP contribution in [0.3, 0.4) is 0 Å². The van der Waals surface area contributed by atoms with Crippen LogP contribution in [0.2, 0.25) is 0 Å². The van der Waals surface area contributed by atoms with E-state index in [0.29, 0.717) is 51.7 Å². The smallest absolute Gasteiger partial charge is 0.190 e. The van der Waals surface area contributed by atoms with Gasteiger partial charge in [-0.1, -0.05) is 23.3 Å². The molecule has 1 unspecified atom stereocenters. The zero-order chi connectivity index (χ0) is 33.9. The van der Waals surface area contributed by atoms with Crippen molar-refractivity contribution in [3.8, 4) is 51.7 Å². The second-order valence-electron chi connectivity index (χ2n) is 11.0. The van der Waals surface area contributed by atoms with Gasteiger partial charge in [-0.2, -0.15) is 0 Å². The molecule has 0 heterocycles. The molecule has 3 aromatic carbocycles. The van der Waals surface area contributed by atoms with E-state index in [1.165, 1.54) is 16.3 Å². The Morgan fingerprint density at radius 2 is 0.761 bits per heavy atom. The third-order valence-electron chi connectivity index (χ3n) is 9.32. The molecule has 0 bridgehead atoms. The molecule has 0 amide bonds. The van der Waals surface area contributed by atoms with E-state index in [1.807, 2.05) is 36.4 Å². The first-order valence-corrected chi connectivity index (χ1v) is 16.9. The Balaban J connectivity index is 2.53. The minimum Gasteiger partial charge on any atom is -0.497 e. The van der Waals surface area contributed by atoms with Crippen LogP contribution >= 0.6 is 0 Å². The van der Waals surface area contributed by atoms with E-state index in [2.05, 4.69) is 27.7 Å². The van der Waals surface area contributed by atoms with E-state index in [4.69, 9.17) is 42.6 Å². The Kier molecular flexibility index (Phi) is 10.4. The molecule has 248 valence electrons. The maximum Gasteiger partial charge on any atom is 0.190 e. The molecule has 0 N–H and O–H groups in total. The normalized spacial score (nSPS) is 14.7. The van der Waals surface area contributed by atoms with Crippen molar-refractivity contribution in [2.24, 2.45) is 5.92 Å². The molecule has 1 aliphatic rings. The number of rotatable bonds is 13. The maximum absolute atomic E-state index is 6.28. The minimum atomic E-state index is -3.70. The fraction of sp³-hybridized carbons (Fsp3) is 0.389. The lowest BCUT2D eigenvalue weighted by Crippen LogP contribution is -2.70. The second kappa shape index (κ2) is 13.9. The van der Waals surface area contributed by atoms with Gasteiger partial charge in [0.2, 0.25) is 0 Å². The van der Waals surface area contributed by atoms with E-state index in [9.17, 15) is 0 Å². The van der Waals surface area contributed by atoms with Gasteiger partial charge in [-0.05, 0) is 50.5 Å². The summed E-state index contributed by atoms with van der Waals surface area (Å²) in [6, 6.07) is 11.5. The summed E-state index contributed by atoms with van der Waals surface area (Å²) in [4.78, 5) is 0. The highest BCUT2D eigenvalue weighted by Crippen LogP contribution is 2.47. The summed E-state index contributed by atoms with van der Waals surface area (Å²) in [6.07, 6.45) is 0. The van der Waals surface area contributed by atoms with Gasteiger partial charge in [0.15, 0.2) is 42.6 Å². The Labute approximate surface area is 273 Å². The molecule has 10 heteroatoms. The highest BCUT2D eigenvalue weighted by molar-refractivity contribution is 7.17. The van der Waals surface area contributed by atoms with Gasteiger partial charge in [0, 0.05) is 33.8 Å². The highest BCUT2D eigenvalue weighted by Gasteiger charge is 2.54. The van der Waals surface area contributed by atoms with Crippen molar-refractivity contribution in [2.75, 3.05) is 64.0 Å². The van der Waals surface area contributed by atoms with Crippen molar-refractivity contribution >= 4 is 23.6 Å². The summed E-state index contributed by atoms with van der Waals surface area (Å²) < 4.78 is 54.5. The van der Waals surface area contributed by atoms with Crippen molar-refractivity contribution in [3.63, 3.8) is 0 Å². The lowest BCUT2D eigenvalue weighted by Gasteiger charge is -2.41. The number of hydrogen-bond donors (Lipinski definition) is 0. The van der Waals surface area contributed by atoms with Crippen molar-refractivity contribution in [2.45, 2.75) is 27.7 Å². The molecule has 0 saturated carbocycles. The van der Waals surface area contributed by atoms with Gasteiger partial charge in [0.25, 0.3) is 0 Å². The zero-order valence-electron chi connectivity index (χ0n) is 29.2. The largest absolute Gasteiger partial charge is 0.497 e. The number of allylic oxidation sites excluding steroid dienone is 4. The van der Waals surface area contributed by atoms with Crippen LogP contribution in [0.5, 0.6) is 51.7 Å². The lowest BCUT2D eigenvalue weighted by atomic mass is 10.1. The molecule has 0 aliphatic heterocycles. The second-order valence-corrected chi connectivity index (χ2v) is 14.7. The number of hydrogen-bond acceptors (Lipinski definition) is 9. The Bertz CT molecular complexity index is 1520. The van der Waals surface area contributed by atoms with Crippen molar-refractivity contribution < 1.29 is 42.6 Å². The summed E-state index contributed by atoms with van der Waals surface area (Å²) in [5.74, 6) is 5.00. The summed E-state index contributed by atoms with van der Waals surface area (Å²) in [5.41, 5.74) is 3.64. The summed E-state index contributed by atoms with van der Waals surface area (Å²) >= 11 is 0. The average molecular weight is 651 g/mol. The first-order chi connectivity index (χ1) is 22.1. The van der Waals surface area contributed by atoms with Crippen molar-refractivity contribution in [1.82, 2.24) is 0 Å². The standard InChI is InChI=1S/C36H46O9Si/c1-20-21(2)23(4)36(22(20)3)46(30-17-24(37-5)14-27(40-8)33(30)43-11,31-18-25(38-6)15-28(41-9)34(31)44-12)32-19-26(39-7)16-29(42-10)35(32)45-13/h14-19,22H,1-13H3. The van der Waals surface area contributed by atoms with Crippen molar-refractivity contribution in [1.29, 1.82) is 0 Å². The molecule has 46 heavy (non-hydrogen) atoms. The molecule has 0 radical (unpaired) electrons. The van der Waals surface area contributed by atoms with Crippen LogP contribution in [0.15, 0.2) is 58.3 Å². The molecular formula is C36H46O9Si. The molecule has 3 aromatic rings. The highest BCUT2D eigenvalue weighted by atomic mass is 28.3. The fourth-order valence-electron chi connectivity index (χ4n) is 6.85. The van der Waals surface area contributed by atoms with Crippen LogP contribution in [-0.2, 0) is 0 Å². The quantitative estimate of drug-likeness (QED) is 0.186. The van der Waals surface area contributed by atoms with Gasteiger partial charge < -0.3 is 42.6 Å². The first-order valence-electron chi connectivity index (χ1n) is 14.9.